The number of rotatable bonds is 8. The second-order valence-electron chi connectivity index (χ2n) is 5.95. The molecule has 2 amide bonds. The van der Waals surface area contributed by atoms with Crippen molar-refractivity contribution in [1.82, 2.24) is 4.31 Å². The molecule has 2 aromatic carbocycles. The van der Waals surface area contributed by atoms with Gasteiger partial charge in [-0.15, -0.1) is 0 Å². The minimum absolute atomic E-state index is 0.00595. The molecule has 0 fully saturated rings. The van der Waals surface area contributed by atoms with Crippen molar-refractivity contribution in [3.05, 3.63) is 53.8 Å². The highest BCUT2D eigenvalue weighted by Crippen LogP contribution is 2.25. The fourth-order valence-corrected chi connectivity index (χ4v) is 3.17. The Balaban J connectivity index is 2.26. The molecule has 0 heterocycles. The largest absolute Gasteiger partial charge is 0.491 e. The van der Waals surface area contributed by atoms with Gasteiger partial charge in [-0.2, -0.15) is 0 Å². The van der Waals surface area contributed by atoms with Gasteiger partial charge in [-0.3, -0.25) is 9.59 Å². The number of nitrogens with one attached hydrogen (secondary N) is 1. The number of benzene rings is 2. The number of halogens is 1. The molecule has 10 heteroatoms. The maximum atomic E-state index is 14.0. The maximum Gasteiger partial charge on any atom is 0.255 e. The molecule has 8 nitrogen and oxygen atoms in total. The molecule has 0 radical (unpaired) electrons. The van der Waals surface area contributed by atoms with Gasteiger partial charge in [0.2, 0.25) is 15.9 Å². The summed E-state index contributed by atoms with van der Waals surface area (Å²) in [7, 11) is -1.52. The predicted octanol–water partition coefficient (Wildman–Crippen LogP) is 1.58. The van der Waals surface area contributed by atoms with Gasteiger partial charge >= 0.3 is 0 Å². The molecule has 150 valence electrons. The minimum atomic E-state index is -4.05. The van der Waals surface area contributed by atoms with Gasteiger partial charge in [0.25, 0.3) is 5.91 Å². The van der Waals surface area contributed by atoms with Crippen LogP contribution in [0.3, 0.4) is 0 Å². The molecule has 3 N–H and O–H groups in total. The van der Waals surface area contributed by atoms with Crippen LogP contribution in [0.15, 0.2) is 47.4 Å². The van der Waals surface area contributed by atoms with Crippen LogP contribution < -0.4 is 15.8 Å². The highest BCUT2D eigenvalue weighted by atomic mass is 32.2. The van der Waals surface area contributed by atoms with Gasteiger partial charge in [-0.1, -0.05) is 12.1 Å². The molecule has 0 aliphatic heterocycles. The molecular weight excluding hydrogens is 389 g/mol. The molecule has 0 bridgehead atoms. The van der Waals surface area contributed by atoms with Crippen LogP contribution >= 0.6 is 0 Å². The van der Waals surface area contributed by atoms with Crippen LogP contribution in [-0.2, 0) is 14.8 Å². The summed E-state index contributed by atoms with van der Waals surface area (Å²) in [4.78, 5) is 22.8. The van der Waals surface area contributed by atoms with E-state index >= 15 is 0 Å². The number of primary amides is 1. The fraction of sp³-hybridized carbons (Fsp3) is 0.222. The molecule has 0 atom stereocenters. The molecule has 0 spiro atoms. The highest BCUT2D eigenvalue weighted by Gasteiger charge is 2.23. The highest BCUT2D eigenvalue weighted by molar-refractivity contribution is 7.89. The van der Waals surface area contributed by atoms with E-state index in [1.807, 2.05) is 0 Å². The molecule has 0 aliphatic carbocycles. The molecule has 0 aliphatic rings. The Morgan fingerprint density at radius 2 is 1.86 bits per heavy atom. The van der Waals surface area contributed by atoms with Crippen molar-refractivity contribution in [3.63, 3.8) is 0 Å². The summed E-state index contributed by atoms with van der Waals surface area (Å²) in [6, 6.07) is 9.55. The van der Waals surface area contributed by atoms with Gasteiger partial charge in [0.1, 0.15) is 16.5 Å². The number of carbonyl (C=O) groups excluding carboxylic acids is 2. The second-order valence-corrected chi connectivity index (χ2v) is 8.07. The molecule has 2 rings (SSSR count). The lowest BCUT2D eigenvalue weighted by Crippen LogP contribution is -2.24. The first-order chi connectivity index (χ1) is 13.1. The van der Waals surface area contributed by atoms with Crippen molar-refractivity contribution in [2.45, 2.75) is 11.3 Å². The van der Waals surface area contributed by atoms with E-state index in [4.69, 9.17) is 10.5 Å². The van der Waals surface area contributed by atoms with Crippen molar-refractivity contribution < 1.29 is 27.1 Å². The fourth-order valence-electron chi connectivity index (χ4n) is 2.19. The lowest BCUT2D eigenvalue weighted by atomic mass is 10.2. The third-order valence-electron chi connectivity index (χ3n) is 3.69. The van der Waals surface area contributed by atoms with Gasteiger partial charge in [0.15, 0.2) is 0 Å². The number of amides is 2. The van der Waals surface area contributed by atoms with Crippen LogP contribution in [0.25, 0.3) is 0 Å². The average Bonchev–Trinajstić information content (AvgIpc) is 2.62. The first kappa shape index (κ1) is 21.3. The summed E-state index contributed by atoms with van der Waals surface area (Å²) in [6.07, 6.45) is 0.00595. The SMILES string of the molecule is CN(C)S(=O)(=O)c1cc(C(=O)Nc2ccccc2OCCC(N)=O)ccc1F. The van der Waals surface area contributed by atoms with E-state index in [1.165, 1.54) is 20.2 Å². The standard InChI is InChI=1S/C18H20FN3O5S/c1-22(2)28(25,26)16-11-12(7-8-13(16)19)18(24)21-14-5-3-4-6-15(14)27-10-9-17(20)23/h3-8,11H,9-10H2,1-2H3,(H2,20,23)(H,21,24). The van der Waals surface area contributed by atoms with E-state index in [9.17, 15) is 22.4 Å². The molecule has 0 saturated heterocycles. The lowest BCUT2D eigenvalue weighted by Gasteiger charge is -2.14. The molecule has 0 saturated carbocycles. The number of hydrogen-bond acceptors (Lipinski definition) is 5. The van der Waals surface area contributed by atoms with Crippen molar-refractivity contribution in [2.75, 3.05) is 26.0 Å². The van der Waals surface area contributed by atoms with E-state index in [0.29, 0.717) is 11.4 Å². The zero-order chi connectivity index (χ0) is 20.9. The first-order valence-corrected chi connectivity index (χ1v) is 9.60. The summed E-state index contributed by atoms with van der Waals surface area (Å²) < 4.78 is 44.7. The summed E-state index contributed by atoms with van der Waals surface area (Å²) in [6.45, 7) is 0.0317. The Morgan fingerprint density at radius 3 is 2.50 bits per heavy atom. The molecule has 28 heavy (non-hydrogen) atoms. The van der Waals surface area contributed by atoms with Crippen molar-refractivity contribution >= 4 is 27.5 Å². The molecular formula is C18H20FN3O5S. The smallest absolute Gasteiger partial charge is 0.255 e. The van der Waals surface area contributed by atoms with Gasteiger partial charge in [-0.25, -0.2) is 17.1 Å². The Kier molecular flexibility index (Phi) is 6.71. The van der Waals surface area contributed by atoms with Crippen molar-refractivity contribution in [1.29, 1.82) is 0 Å². The van der Waals surface area contributed by atoms with Crippen LogP contribution in [0.2, 0.25) is 0 Å². The monoisotopic (exact) mass is 409 g/mol. The van der Waals surface area contributed by atoms with Gasteiger partial charge in [-0.05, 0) is 30.3 Å². The maximum absolute atomic E-state index is 14.0. The van der Waals surface area contributed by atoms with Crippen LogP contribution in [0.5, 0.6) is 5.75 Å². The third kappa shape index (κ3) is 5.05. The Bertz CT molecular complexity index is 992. The normalized spacial score (nSPS) is 11.3. The minimum Gasteiger partial charge on any atom is -0.491 e. The van der Waals surface area contributed by atoms with E-state index in [1.54, 1.807) is 24.3 Å². The van der Waals surface area contributed by atoms with Crippen LogP contribution in [0, 0.1) is 5.82 Å². The summed E-state index contributed by atoms with van der Waals surface area (Å²) in [5, 5.41) is 2.58. The quantitative estimate of drug-likeness (QED) is 0.686. The van der Waals surface area contributed by atoms with Gasteiger partial charge in [0, 0.05) is 19.7 Å². The van der Waals surface area contributed by atoms with Gasteiger partial charge in [0.05, 0.1) is 18.7 Å². The summed E-state index contributed by atoms with van der Waals surface area (Å²) >= 11 is 0. The Labute approximate surface area is 162 Å². The number of hydrogen-bond donors (Lipinski definition) is 2. The zero-order valence-electron chi connectivity index (χ0n) is 15.3. The molecule has 2 aromatic rings. The second kappa shape index (κ2) is 8.81. The van der Waals surface area contributed by atoms with E-state index in [0.717, 1.165) is 16.4 Å². The number of nitrogens with zero attached hydrogens (tertiary/aromatic N) is 1. The summed E-state index contributed by atoms with van der Waals surface area (Å²) in [5.41, 5.74) is 5.32. The topological polar surface area (TPSA) is 119 Å². The number of ether oxygens (including phenoxy) is 1. The van der Waals surface area contributed by atoms with Crippen molar-refractivity contribution in [2.24, 2.45) is 5.73 Å². The van der Waals surface area contributed by atoms with Crippen molar-refractivity contribution in [3.8, 4) is 5.75 Å². The summed E-state index contributed by atoms with van der Waals surface area (Å²) in [5.74, 6) is -1.83. The van der Waals surface area contributed by atoms with Crippen LogP contribution in [-0.4, -0.2) is 45.2 Å². The van der Waals surface area contributed by atoms with Crippen LogP contribution in [0.4, 0.5) is 10.1 Å². The van der Waals surface area contributed by atoms with E-state index < -0.39 is 32.6 Å². The molecule has 0 aromatic heterocycles. The lowest BCUT2D eigenvalue weighted by molar-refractivity contribution is -0.118. The molecule has 0 unspecified atom stereocenters. The predicted molar refractivity (Wildman–Crippen MR) is 101 cm³/mol. The Morgan fingerprint density at radius 1 is 1.18 bits per heavy atom. The average molecular weight is 409 g/mol. The first-order valence-electron chi connectivity index (χ1n) is 8.16. The number of anilines is 1. The Hall–Kier alpha value is -2.98. The zero-order valence-corrected chi connectivity index (χ0v) is 16.1. The number of para-hydroxylation sites is 2. The van der Waals surface area contributed by atoms with E-state index in [2.05, 4.69) is 5.32 Å². The van der Waals surface area contributed by atoms with Gasteiger partial charge < -0.3 is 15.8 Å². The number of nitrogens with two attached hydrogens (primary N) is 1. The number of sulfonamides is 1. The van der Waals surface area contributed by atoms with E-state index in [-0.39, 0.29) is 18.6 Å². The number of carbonyl (C=O) groups is 2. The van der Waals surface area contributed by atoms with Crippen LogP contribution in [0.1, 0.15) is 16.8 Å². The third-order valence-corrected chi connectivity index (χ3v) is 5.52.